The molecule has 2 N–H and O–H groups in total. The summed E-state index contributed by atoms with van der Waals surface area (Å²) in [5, 5.41) is 48.4. The van der Waals surface area contributed by atoms with Crippen LogP contribution in [0.5, 0.6) is 11.5 Å². The van der Waals surface area contributed by atoms with E-state index < -0.39 is 11.9 Å². The summed E-state index contributed by atoms with van der Waals surface area (Å²) in [6.07, 6.45) is 2.87. The van der Waals surface area contributed by atoms with Gasteiger partial charge in [-0.15, -0.1) is 20.4 Å². The molecular weight excluding hydrogens is 902 g/mol. The first kappa shape index (κ1) is 40.2. The van der Waals surface area contributed by atoms with Crippen molar-refractivity contribution >= 4 is 55.4 Å². The fourth-order valence-corrected chi connectivity index (χ4v) is 6.68. The Bertz CT molecular complexity index is 2200. The maximum absolute atomic E-state index is 13.4. The Morgan fingerprint density at radius 1 is 0.672 bits per heavy atom. The molecule has 8 rings (SSSR count). The topological polar surface area (TPSA) is 239 Å². The minimum atomic E-state index is -1.07. The molecule has 304 valence electrons. The summed E-state index contributed by atoms with van der Waals surface area (Å²) in [5.41, 5.74) is 0. The number of carboxylic acids is 2. The molecule has 2 aliphatic rings. The van der Waals surface area contributed by atoms with Gasteiger partial charge in [-0.3, -0.25) is 9.59 Å². The normalized spacial score (nSPS) is 14.9. The molecule has 58 heavy (non-hydrogen) atoms. The van der Waals surface area contributed by atoms with Gasteiger partial charge in [-0.1, -0.05) is 10.3 Å². The average Bonchev–Trinajstić information content (AvgIpc) is 4.03. The fourth-order valence-electron chi connectivity index (χ4n) is 6.00. The predicted octanol–water partition coefficient (Wildman–Crippen LogP) is 4.72. The fraction of sp³-hybridized carbons (Fsp3) is 0.353. The second-order valence-electron chi connectivity index (χ2n) is 12.9. The zero-order valence-corrected chi connectivity index (χ0v) is 33.2. The summed E-state index contributed by atoms with van der Waals surface area (Å²) in [5.74, 6) is 0.348. The van der Waals surface area contributed by atoms with Crippen LogP contribution in [0.25, 0.3) is 23.2 Å². The number of carbonyl (C=O) groups is 2. The van der Waals surface area contributed by atoms with Gasteiger partial charge >= 0.3 is 11.9 Å². The molecule has 0 bridgehead atoms. The van der Waals surface area contributed by atoms with Gasteiger partial charge in [0.25, 0.3) is 0 Å². The third-order valence-electron chi connectivity index (χ3n) is 8.80. The van der Waals surface area contributed by atoms with Crippen molar-refractivity contribution in [2.45, 2.75) is 51.0 Å². The molecule has 0 spiro atoms. The summed E-state index contributed by atoms with van der Waals surface area (Å²) < 4.78 is 50.7. The van der Waals surface area contributed by atoms with Crippen LogP contribution in [-0.4, -0.2) is 111 Å². The number of anilines is 2. The summed E-state index contributed by atoms with van der Waals surface area (Å²) in [6, 6.07) is 12.1. The number of hydrogen-bond acceptors (Lipinski definition) is 16. The number of tetrazole rings is 2. The molecule has 20 nitrogen and oxygen atoms in total. The Morgan fingerprint density at radius 2 is 1.07 bits per heavy atom. The van der Waals surface area contributed by atoms with Crippen LogP contribution in [0.1, 0.15) is 25.7 Å². The maximum Gasteiger partial charge on any atom is 0.327 e. The molecule has 2 aromatic carbocycles. The Morgan fingerprint density at radius 3 is 1.45 bits per heavy atom. The highest BCUT2D eigenvalue weighted by Gasteiger charge is 2.26. The summed E-state index contributed by atoms with van der Waals surface area (Å²) in [6.45, 7) is 1.96. The quantitative estimate of drug-likeness (QED) is 0.169. The molecule has 0 unspecified atom stereocenters. The molecule has 6 aromatic rings. The molecule has 0 aliphatic carbocycles. The van der Waals surface area contributed by atoms with Gasteiger partial charge in [0, 0.05) is 76.1 Å². The van der Waals surface area contributed by atoms with E-state index in [0.29, 0.717) is 69.8 Å². The minimum absolute atomic E-state index is 0.0340. The van der Waals surface area contributed by atoms with Gasteiger partial charge in [-0.2, -0.15) is 9.59 Å². The second kappa shape index (κ2) is 18.0. The zero-order valence-electron chi connectivity index (χ0n) is 30.1. The van der Waals surface area contributed by atoms with Crippen molar-refractivity contribution in [3.63, 3.8) is 0 Å². The van der Waals surface area contributed by atoms with Crippen molar-refractivity contribution in [2.75, 3.05) is 36.0 Å². The Kier molecular flexibility index (Phi) is 12.5. The first-order chi connectivity index (χ1) is 27.9. The Hall–Kier alpha value is -6.04. The minimum Gasteiger partial charge on any atom is -0.489 e. The molecule has 2 aliphatic heterocycles. The van der Waals surface area contributed by atoms with E-state index in [2.05, 4.69) is 73.0 Å². The Balaban J connectivity index is 0.000000177. The molecule has 0 saturated carbocycles. The van der Waals surface area contributed by atoms with E-state index in [1.807, 2.05) is 9.80 Å². The van der Waals surface area contributed by atoms with Crippen LogP contribution in [0, 0.1) is 11.6 Å². The third kappa shape index (κ3) is 10.3. The van der Waals surface area contributed by atoms with Crippen molar-refractivity contribution in [2.24, 2.45) is 0 Å². The lowest BCUT2D eigenvalue weighted by Gasteiger charge is -2.32. The Labute approximate surface area is 342 Å². The van der Waals surface area contributed by atoms with Gasteiger partial charge in [0.1, 0.15) is 35.3 Å². The monoisotopic (exact) mass is 932 g/mol. The first-order valence-electron chi connectivity index (χ1n) is 17.6. The van der Waals surface area contributed by atoms with E-state index >= 15 is 0 Å². The number of nitrogens with zero attached hydrogens (tertiary/aromatic N) is 12. The number of ether oxygens (including phenoxy) is 2. The standard InChI is InChI=1S/2C17H16BrFN6O4/c2*18-12-2-1-10(19)7-13(12)28-11-3-5-24(6-4-11)15-8-14(29-22-15)17-20-23-25(21-17)9-16(26)27/h2*1-2,7-8,11H,3-6,9H2,(H,26,27). The first-order valence-corrected chi connectivity index (χ1v) is 19.2. The van der Waals surface area contributed by atoms with Crippen molar-refractivity contribution < 1.29 is 47.1 Å². The zero-order chi connectivity index (χ0) is 40.8. The maximum atomic E-state index is 13.4. The molecule has 24 heteroatoms. The summed E-state index contributed by atoms with van der Waals surface area (Å²) >= 11 is 6.74. The number of hydrogen-bond donors (Lipinski definition) is 2. The largest absolute Gasteiger partial charge is 0.489 e. The highest BCUT2D eigenvalue weighted by atomic mass is 79.9. The van der Waals surface area contributed by atoms with Crippen molar-refractivity contribution in [1.82, 2.24) is 50.7 Å². The van der Waals surface area contributed by atoms with Crippen LogP contribution in [0.4, 0.5) is 20.4 Å². The van der Waals surface area contributed by atoms with Gasteiger partial charge in [0.05, 0.1) is 8.95 Å². The van der Waals surface area contributed by atoms with Gasteiger partial charge < -0.3 is 38.5 Å². The van der Waals surface area contributed by atoms with Crippen LogP contribution in [0.3, 0.4) is 0 Å². The lowest BCUT2D eigenvalue weighted by molar-refractivity contribution is -0.139. The van der Waals surface area contributed by atoms with Crippen LogP contribution in [0.2, 0.25) is 0 Å². The van der Waals surface area contributed by atoms with E-state index in [4.69, 9.17) is 28.7 Å². The van der Waals surface area contributed by atoms with Crippen molar-refractivity contribution in [1.29, 1.82) is 0 Å². The van der Waals surface area contributed by atoms with Gasteiger partial charge in [0.2, 0.25) is 23.2 Å². The third-order valence-corrected chi connectivity index (χ3v) is 10.1. The lowest BCUT2D eigenvalue weighted by Crippen LogP contribution is -2.38. The SMILES string of the molecule is O=C(O)Cn1nnc(-c2cc(N3CCC(Oc4cc(F)ccc4Br)CC3)no2)n1.O=C(O)Cn1nnc(-c2cc(N3CCC(Oc4cc(F)ccc4Br)CC3)no2)n1. The van der Waals surface area contributed by atoms with E-state index in [1.54, 1.807) is 24.3 Å². The lowest BCUT2D eigenvalue weighted by atomic mass is 10.1. The van der Waals surface area contributed by atoms with E-state index in [0.717, 1.165) is 35.3 Å². The van der Waals surface area contributed by atoms with Gasteiger partial charge in [-0.25, -0.2) is 8.78 Å². The summed E-state index contributed by atoms with van der Waals surface area (Å²) in [4.78, 5) is 27.4. The van der Waals surface area contributed by atoms with Crippen LogP contribution in [0.15, 0.2) is 66.5 Å². The number of halogens is 4. The van der Waals surface area contributed by atoms with Gasteiger partial charge in [0.15, 0.2) is 24.7 Å². The number of aromatic nitrogens is 10. The van der Waals surface area contributed by atoms with E-state index in [1.165, 1.54) is 24.3 Å². The average molecular weight is 935 g/mol. The molecule has 2 fully saturated rings. The highest BCUT2D eigenvalue weighted by molar-refractivity contribution is 9.10. The van der Waals surface area contributed by atoms with Crippen LogP contribution < -0.4 is 19.3 Å². The van der Waals surface area contributed by atoms with Crippen LogP contribution in [-0.2, 0) is 22.7 Å². The van der Waals surface area contributed by atoms with Crippen molar-refractivity contribution in [3.8, 4) is 34.7 Å². The van der Waals surface area contributed by atoms with Crippen LogP contribution >= 0.6 is 31.9 Å². The number of rotatable bonds is 12. The molecule has 0 atom stereocenters. The highest BCUT2D eigenvalue weighted by Crippen LogP contribution is 2.32. The molecule has 0 amide bonds. The number of aliphatic carboxylic acids is 2. The number of piperidine rings is 2. The van der Waals surface area contributed by atoms with E-state index in [-0.39, 0.29) is 48.6 Å². The number of carboxylic acid groups (broad SMARTS) is 2. The molecule has 4 aromatic heterocycles. The molecular formula is C34H32Br2F2N12O8. The second-order valence-corrected chi connectivity index (χ2v) is 14.6. The number of benzene rings is 2. The smallest absolute Gasteiger partial charge is 0.327 e. The molecule has 0 radical (unpaired) electrons. The van der Waals surface area contributed by atoms with Crippen molar-refractivity contribution in [3.05, 3.63) is 69.1 Å². The molecule has 6 heterocycles. The summed E-state index contributed by atoms with van der Waals surface area (Å²) in [7, 11) is 0. The van der Waals surface area contributed by atoms with E-state index in [9.17, 15) is 18.4 Å². The van der Waals surface area contributed by atoms with Gasteiger partial charge in [-0.05, 0) is 66.6 Å². The molecule has 2 saturated heterocycles. The predicted molar refractivity (Wildman–Crippen MR) is 202 cm³/mol.